The van der Waals surface area contributed by atoms with Gasteiger partial charge in [0.2, 0.25) is 0 Å². The lowest BCUT2D eigenvalue weighted by molar-refractivity contribution is 0.0685. The number of hydrogen-bond donors (Lipinski definition) is 2. The lowest BCUT2D eigenvalue weighted by Gasteiger charge is -2.53. The molecule has 180 valence electrons. The molecule has 4 aromatic rings. The number of halogens is 2. The Bertz CT molecular complexity index is 1330. The predicted octanol–water partition coefficient (Wildman–Crippen LogP) is 6.81. The molecule has 2 N–H and O–H groups in total. The normalized spacial score (nSPS) is 20.9. The summed E-state index contributed by atoms with van der Waals surface area (Å²) < 4.78 is 30.9. The second-order valence-electron chi connectivity index (χ2n) is 9.01. The summed E-state index contributed by atoms with van der Waals surface area (Å²) in [6.45, 7) is 0. The number of carbonyl (C=O) groups is 2. The molecule has 4 nitrogen and oxygen atoms in total. The highest BCUT2D eigenvalue weighted by Gasteiger charge is 2.54. The Morgan fingerprint density at radius 2 is 0.889 bits per heavy atom. The van der Waals surface area contributed by atoms with Crippen molar-refractivity contribution in [2.75, 3.05) is 0 Å². The fourth-order valence-electron chi connectivity index (χ4n) is 5.56. The summed E-state index contributed by atoms with van der Waals surface area (Å²) in [7, 11) is 0. The van der Waals surface area contributed by atoms with Crippen molar-refractivity contribution in [3.63, 3.8) is 0 Å². The molecule has 0 spiro atoms. The molecule has 1 aliphatic carbocycles. The van der Waals surface area contributed by atoms with E-state index in [4.69, 9.17) is 0 Å². The maximum atomic E-state index is 15.4. The summed E-state index contributed by atoms with van der Waals surface area (Å²) in [6.07, 6.45) is 0. The van der Waals surface area contributed by atoms with E-state index in [1.54, 1.807) is 0 Å². The first-order chi connectivity index (χ1) is 17.4. The van der Waals surface area contributed by atoms with Gasteiger partial charge in [-0.2, -0.15) is 0 Å². The highest BCUT2D eigenvalue weighted by Crippen LogP contribution is 2.67. The van der Waals surface area contributed by atoms with Crippen molar-refractivity contribution in [1.29, 1.82) is 0 Å². The van der Waals surface area contributed by atoms with Gasteiger partial charge in [-0.1, -0.05) is 72.8 Å². The summed E-state index contributed by atoms with van der Waals surface area (Å²) >= 11 is 0. The quantitative estimate of drug-likeness (QED) is 0.315. The molecule has 1 saturated carbocycles. The van der Waals surface area contributed by atoms with E-state index in [1.807, 2.05) is 60.7 Å². The van der Waals surface area contributed by atoms with E-state index in [0.29, 0.717) is 11.1 Å². The second kappa shape index (κ2) is 9.38. The summed E-state index contributed by atoms with van der Waals surface area (Å²) in [4.78, 5) is 22.8. The van der Waals surface area contributed by atoms with Crippen LogP contribution in [0.5, 0.6) is 0 Å². The first kappa shape index (κ1) is 23.4. The van der Waals surface area contributed by atoms with Gasteiger partial charge < -0.3 is 10.2 Å². The average molecular weight is 484 g/mol. The fraction of sp³-hybridized carbons (Fsp3) is 0.133. The number of carboxylic acids is 2. The van der Waals surface area contributed by atoms with Crippen LogP contribution < -0.4 is 0 Å². The van der Waals surface area contributed by atoms with Crippen LogP contribution >= 0.6 is 0 Å². The first-order valence-corrected chi connectivity index (χ1v) is 11.5. The van der Waals surface area contributed by atoms with Crippen molar-refractivity contribution in [2.45, 2.75) is 23.7 Å². The molecule has 4 atom stereocenters. The largest absolute Gasteiger partial charge is 0.478 e. The number of rotatable bonds is 6. The van der Waals surface area contributed by atoms with Gasteiger partial charge in [-0.25, -0.2) is 18.4 Å². The summed E-state index contributed by atoms with van der Waals surface area (Å²) in [5.74, 6) is -5.26. The molecular formula is C30H22F2O4. The van der Waals surface area contributed by atoms with Crippen molar-refractivity contribution < 1.29 is 28.6 Å². The van der Waals surface area contributed by atoms with Crippen LogP contribution in [0.1, 0.15) is 66.6 Å². The zero-order chi connectivity index (χ0) is 25.4. The third-order valence-corrected chi connectivity index (χ3v) is 7.13. The van der Waals surface area contributed by atoms with Crippen LogP contribution in [0.15, 0.2) is 97.1 Å². The van der Waals surface area contributed by atoms with Gasteiger partial charge in [0.1, 0.15) is 11.6 Å². The Morgan fingerprint density at radius 1 is 0.528 bits per heavy atom. The Balaban J connectivity index is 1.71. The first-order valence-electron chi connectivity index (χ1n) is 11.5. The van der Waals surface area contributed by atoms with E-state index >= 15 is 8.78 Å². The molecule has 0 aromatic heterocycles. The van der Waals surface area contributed by atoms with E-state index in [9.17, 15) is 19.8 Å². The van der Waals surface area contributed by atoms with Gasteiger partial charge in [-0.05, 0) is 58.4 Å². The molecule has 1 aliphatic rings. The minimum atomic E-state index is -1.23. The third-order valence-electron chi connectivity index (χ3n) is 7.13. The summed E-state index contributed by atoms with van der Waals surface area (Å²) in [6, 6.07) is 26.8. The van der Waals surface area contributed by atoms with Crippen LogP contribution in [0.4, 0.5) is 8.78 Å². The van der Waals surface area contributed by atoms with Crippen LogP contribution in [0.25, 0.3) is 0 Å². The van der Waals surface area contributed by atoms with E-state index in [-0.39, 0.29) is 23.0 Å². The van der Waals surface area contributed by atoms with Crippen molar-refractivity contribution in [3.05, 3.63) is 142 Å². The van der Waals surface area contributed by atoms with Crippen molar-refractivity contribution >= 4 is 11.9 Å². The number of benzene rings is 4. The van der Waals surface area contributed by atoms with Gasteiger partial charge in [0.15, 0.2) is 0 Å². The summed E-state index contributed by atoms with van der Waals surface area (Å²) in [5.41, 5.74) is 2.18. The summed E-state index contributed by atoms with van der Waals surface area (Å²) in [5, 5.41) is 18.6. The molecule has 0 heterocycles. The van der Waals surface area contributed by atoms with E-state index in [1.165, 1.54) is 24.3 Å². The van der Waals surface area contributed by atoms with Gasteiger partial charge >= 0.3 is 11.9 Å². The number of aromatic carboxylic acids is 2. The molecule has 4 aromatic carbocycles. The van der Waals surface area contributed by atoms with Crippen molar-refractivity contribution in [1.82, 2.24) is 0 Å². The molecule has 5 rings (SSSR count). The third kappa shape index (κ3) is 4.05. The van der Waals surface area contributed by atoms with Gasteiger partial charge in [0.05, 0.1) is 11.1 Å². The molecule has 6 heteroatoms. The second-order valence-corrected chi connectivity index (χ2v) is 9.01. The standard InChI is InChI=1S/C30H22F2O4/c31-23-15-19(29(33)34)11-13-21(23)27-25(17-7-3-1-4-8-17)26(18-9-5-2-6-10-18)28(27)22-14-12-20(30(35)36)16-24(22)32/h1-16,25-28H,(H,33,34)(H,35,36)/t25-,26+,27?,28?. The lowest BCUT2D eigenvalue weighted by Crippen LogP contribution is -2.41. The van der Waals surface area contributed by atoms with Gasteiger partial charge in [-0.3, -0.25) is 0 Å². The molecule has 0 amide bonds. The highest BCUT2D eigenvalue weighted by atomic mass is 19.1. The van der Waals surface area contributed by atoms with Crippen LogP contribution in [-0.4, -0.2) is 22.2 Å². The number of carboxylic acid groups (broad SMARTS) is 2. The van der Waals surface area contributed by atoms with E-state index in [2.05, 4.69) is 0 Å². The SMILES string of the molecule is O=C(O)c1ccc(C2C(c3ccc(C(=O)O)cc3F)[C@H](c3ccccc3)[C@@H]2c2ccccc2)c(F)c1. The highest BCUT2D eigenvalue weighted by molar-refractivity contribution is 5.88. The van der Waals surface area contributed by atoms with Crippen LogP contribution in [0.3, 0.4) is 0 Å². The Hall–Kier alpha value is -4.32. The molecule has 0 bridgehead atoms. The fourth-order valence-corrected chi connectivity index (χ4v) is 5.56. The van der Waals surface area contributed by atoms with E-state index in [0.717, 1.165) is 23.3 Å². The van der Waals surface area contributed by atoms with Crippen LogP contribution in [-0.2, 0) is 0 Å². The average Bonchev–Trinajstić information content (AvgIpc) is 2.86. The maximum Gasteiger partial charge on any atom is 0.335 e. The van der Waals surface area contributed by atoms with Gasteiger partial charge in [0.25, 0.3) is 0 Å². The Kier molecular flexibility index (Phi) is 6.10. The van der Waals surface area contributed by atoms with Crippen molar-refractivity contribution in [3.8, 4) is 0 Å². The zero-order valence-electron chi connectivity index (χ0n) is 19.0. The maximum absolute atomic E-state index is 15.4. The Morgan fingerprint density at radius 3 is 1.19 bits per heavy atom. The minimum absolute atomic E-state index is 0.167. The molecule has 1 fully saturated rings. The topological polar surface area (TPSA) is 74.6 Å². The van der Waals surface area contributed by atoms with Gasteiger partial charge in [0, 0.05) is 11.8 Å². The van der Waals surface area contributed by atoms with Crippen LogP contribution in [0.2, 0.25) is 0 Å². The van der Waals surface area contributed by atoms with Gasteiger partial charge in [-0.15, -0.1) is 0 Å². The monoisotopic (exact) mass is 484 g/mol. The Labute approximate surface area is 206 Å². The zero-order valence-corrected chi connectivity index (χ0v) is 19.0. The van der Waals surface area contributed by atoms with Crippen LogP contribution in [0, 0.1) is 11.6 Å². The smallest absolute Gasteiger partial charge is 0.335 e. The molecule has 2 unspecified atom stereocenters. The predicted molar refractivity (Wildman–Crippen MR) is 131 cm³/mol. The van der Waals surface area contributed by atoms with E-state index < -0.39 is 35.4 Å². The molecule has 0 aliphatic heterocycles. The van der Waals surface area contributed by atoms with Crippen molar-refractivity contribution in [2.24, 2.45) is 0 Å². The number of hydrogen-bond acceptors (Lipinski definition) is 2. The molecular weight excluding hydrogens is 462 g/mol. The minimum Gasteiger partial charge on any atom is -0.478 e. The molecule has 0 radical (unpaired) electrons. The molecule has 0 saturated heterocycles. The molecule has 36 heavy (non-hydrogen) atoms. The lowest BCUT2D eigenvalue weighted by atomic mass is 9.49.